The summed E-state index contributed by atoms with van der Waals surface area (Å²) in [6.45, 7) is 0. The van der Waals surface area contributed by atoms with Gasteiger partial charge in [-0.25, -0.2) is 0 Å². The van der Waals surface area contributed by atoms with E-state index in [0.29, 0.717) is 5.92 Å². The maximum Gasteiger partial charge on any atom is 1.00 e. The molecule has 1 aliphatic carbocycles. The van der Waals surface area contributed by atoms with Crippen molar-refractivity contribution < 1.29 is 18.9 Å². The summed E-state index contributed by atoms with van der Waals surface area (Å²) in [7, 11) is 0. The second-order valence-electron chi connectivity index (χ2n) is 1.44. The molecule has 1 aliphatic rings. The smallest absolute Gasteiger partial charge is 0.120 e. The summed E-state index contributed by atoms with van der Waals surface area (Å²) in [4.78, 5) is 0. The molecule has 6 heavy (non-hydrogen) atoms. The number of hydrogen-bond acceptors (Lipinski definition) is 0. The third-order valence-electron chi connectivity index (χ3n) is 0.813. The van der Waals surface area contributed by atoms with Crippen LogP contribution in [0.3, 0.4) is 0 Å². The van der Waals surface area contributed by atoms with Gasteiger partial charge < -0.3 is 0 Å². The van der Waals surface area contributed by atoms with Crippen LogP contribution >= 0.6 is 0 Å². The van der Waals surface area contributed by atoms with Gasteiger partial charge in [0.2, 0.25) is 0 Å². The molecule has 0 atom stereocenters. The molecule has 1 fully saturated rings. The average Bonchev–Trinajstić information content (AvgIpc) is 2.12. The van der Waals surface area contributed by atoms with Gasteiger partial charge in [0.15, 0.2) is 0 Å². The van der Waals surface area contributed by atoms with Crippen LogP contribution in [0.5, 0.6) is 0 Å². The van der Waals surface area contributed by atoms with Crippen LogP contribution < -0.4 is 18.9 Å². The van der Waals surface area contributed by atoms with Gasteiger partial charge in [-0.2, -0.15) is 0 Å². The van der Waals surface area contributed by atoms with E-state index in [1.807, 2.05) is 0 Å². The van der Waals surface area contributed by atoms with Crippen molar-refractivity contribution in [3.05, 3.63) is 0 Å². The van der Waals surface area contributed by atoms with Crippen molar-refractivity contribution in [3.8, 4) is 12.3 Å². The molecule has 1 rings (SSSR count). The topological polar surface area (TPSA) is 0 Å². The van der Waals surface area contributed by atoms with Crippen molar-refractivity contribution >= 4 is 0 Å². The molecule has 1 heteroatoms. The van der Waals surface area contributed by atoms with E-state index < -0.39 is 0 Å². The molecule has 0 aromatic carbocycles. The Hall–Kier alpha value is 0.157. The van der Waals surface area contributed by atoms with Crippen LogP contribution in [-0.4, -0.2) is 0 Å². The maximum atomic E-state index is 4.98. The Morgan fingerprint density at radius 3 is 2.00 bits per heavy atom. The third kappa shape index (κ3) is 1.56. The van der Waals surface area contributed by atoms with Crippen LogP contribution in [0.1, 0.15) is 12.8 Å². The average molecular weight is 73.0 g/mol. The molecular weight excluding hydrogens is 67.0 g/mol. The fourth-order valence-corrected chi connectivity index (χ4v) is 0.250. The van der Waals surface area contributed by atoms with Crippen LogP contribution in [0.15, 0.2) is 0 Å². The number of terminal acetylenes is 1. The summed E-state index contributed by atoms with van der Waals surface area (Å²) in [5.41, 5.74) is 0. The summed E-state index contributed by atoms with van der Waals surface area (Å²) >= 11 is 0. The Balaban J connectivity index is 0.000000250. The van der Waals surface area contributed by atoms with Gasteiger partial charge in [0.1, 0.15) is 0 Å². The molecule has 26 valence electrons. The van der Waals surface area contributed by atoms with Crippen LogP contribution in [0.4, 0.5) is 0 Å². The van der Waals surface area contributed by atoms with Crippen molar-refractivity contribution in [2.75, 3.05) is 0 Å². The quantitative estimate of drug-likeness (QED) is 0.230. The van der Waals surface area contributed by atoms with Crippen molar-refractivity contribution in [2.24, 2.45) is 5.92 Å². The van der Waals surface area contributed by atoms with E-state index in [4.69, 9.17) is 6.42 Å². The van der Waals surface area contributed by atoms with Gasteiger partial charge in [0.05, 0.1) is 0 Å². The molecule has 0 aromatic rings. The van der Waals surface area contributed by atoms with Crippen LogP contribution in [-0.2, 0) is 0 Å². The van der Waals surface area contributed by atoms with Crippen LogP contribution in [0.2, 0.25) is 0 Å². The Labute approximate surface area is 50.5 Å². The largest absolute Gasteiger partial charge is 1.00 e. The molecule has 0 spiro atoms. The normalized spacial score (nSPS) is 17.8. The van der Waals surface area contributed by atoms with Gasteiger partial charge in [0, 0.05) is 5.92 Å². The van der Waals surface area contributed by atoms with Gasteiger partial charge in [-0.05, 0) is 12.8 Å². The van der Waals surface area contributed by atoms with E-state index >= 15 is 0 Å². The summed E-state index contributed by atoms with van der Waals surface area (Å²) < 4.78 is 0. The predicted molar refractivity (Wildman–Crippen MR) is 21.6 cm³/mol. The van der Waals surface area contributed by atoms with E-state index in [9.17, 15) is 0 Å². The minimum absolute atomic E-state index is 0. The van der Waals surface area contributed by atoms with E-state index in [1.54, 1.807) is 0 Å². The first-order chi connectivity index (χ1) is 2.43. The molecule has 0 unspecified atom stereocenters. The van der Waals surface area contributed by atoms with Crippen LogP contribution in [0, 0.1) is 18.3 Å². The zero-order chi connectivity index (χ0) is 3.70. The standard InChI is InChI=1S/C5H6.Li/c1-2-5-3-4-5;/h1,5H,3-4H2;/q;+1. The van der Waals surface area contributed by atoms with E-state index in [-0.39, 0.29) is 18.9 Å². The first-order valence-electron chi connectivity index (χ1n) is 1.89. The number of hydrogen-bond donors (Lipinski definition) is 0. The molecular formula is C5H6Li+. The maximum absolute atomic E-state index is 4.98. The summed E-state index contributed by atoms with van der Waals surface area (Å²) in [6, 6.07) is 0. The minimum Gasteiger partial charge on any atom is -0.120 e. The minimum atomic E-state index is 0. The molecule has 0 heterocycles. The summed E-state index contributed by atoms with van der Waals surface area (Å²) in [5, 5.41) is 0. The second-order valence-corrected chi connectivity index (χ2v) is 1.44. The first kappa shape index (κ1) is 6.16. The molecule has 0 radical (unpaired) electrons. The fourth-order valence-electron chi connectivity index (χ4n) is 0.250. The van der Waals surface area contributed by atoms with Crippen molar-refractivity contribution in [3.63, 3.8) is 0 Å². The Kier molecular flexibility index (Phi) is 2.41. The Morgan fingerprint density at radius 2 is 2.00 bits per heavy atom. The van der Waals surface area contributed by atoms with Crippen LogP contribution in [0.25, 0.3) is 0 Å². The molecule has 1 saturated carbocycles. The molecule has 0 nitrogen and oxygen atoms in total. The zero-order valence-corrected chi connectivity index (χ0v) is 4.07. The Morgan fingerprint density at radius 1 is 1.50 bits per heavy atom. The number of rotatable bonds is 0. The predicted octanol–water partition coefficient (Wildman–Crippen LogP) is -1.97. The van der Waals surface area contributed by atoms with Crippen molar-refractivity contribution in [1.29, 1.82) is 0 Å². The molecule has 0 N–H and O–H groups in total. The molecule has 0 aliphatic heterocycles. The van der Waals surface area contributed by atoms with Gasteiger partial charge in [-0.1, -0.05) is 0 Å². The Bertz CT molecular complexity index is 66.5. The molecule has 0 bridgehead atoms. The summed E-state index contributed by atoms with van der Waals surface area (Å²) in [5.74, 6) is 3.30. The SMILES string of the molecule is C#CC1CC1.[Li+]. The van der Waals surface area contributed by atoms with Gasteiger partial charge in [0.25, 0.3) is 0 Å². The monoisotopic (exact) mass is 73.1 g/mol. The second kappa shape index (κ2) is 2.35. The van der Waals surface area contributed by atoms with E-state index in [2.05, 4.69) is 5.92 Å². The van der Waals surface area contributed by atoms with E-state index in [0.717, 1.165) is 0 Å². The molecule has 0 amide bonds. The first-order valence-corrected chi connectivity index (χ1v) is 1.89. The van der Waals surface area contributed by atoms with Gasteiger partial charge >= 0.3 is 18.9 Å². The molecule has 0 aromatic heterocycles. The van der Waals surface area contributed by atoms with Gasteiger partial charge in [-0.3, -0.25) is 0 Å². The van der Waals surface area contributed by atoms with Crippen molar-refractivity contribution in [1.82, 2.24) is 0 Å². The molecule has 0 saturated heterocycles. The summed E-state index contributed by atoms with van der Waals surface area (Å²) in [6.07, 6.45) is 7.53. The van der Waals surface area contributed by atoms with Crippen molar-refractivity contribution in [2.45, 2.75) is 12.8 Å². The third-order valence-corrected chi connectivity index (χ3v) is 0.813. The van der Waals surface area contributed by atoms with Gasteiger partial charge in [-0.15, -0.1) is 12.3 Å². The zero-order valence-electron chi connectivity index (χ0n) is 4.07. The fraction of sp³-hybridized carbons (Fsp3) is 0.600. The van der Waals surface area contributed by atoms with E-state index in [1.165, 1.54) is 12.8 Å².